The summed E-state index contributed by atoms with van der Waals surface area (Å²) >= 11 is 0. The molecule has 0 atom stereocenters. The van der Waals surface area contributed by atoms with Crippen LogP contribution in [0.3, 0.4) is 0 Å². The Kier molecular flexibility index (Phi) is 6.65. The van der Waals surface area contributed by atoms with Crippen LogP contribution in [-0.2, 0) is 9.63 Å². The van der Waals surface area contributed by atoms with Crippen LogP contribution in [0.4, 0.5) is 0 Å². The Morgan fingerprint density at radius 2 is 1.73 bits per heavy atom. The maximum Gasteiger partial charge on any atom is 0.302 e. The summed E-state index contributed by atoms with van der Waals surface area (Å²) in [5, 5.41) is 21.7. The summed E-state index contributed by atoms with van der Waals surface area (Å²) in [4.78, 5) is 30.5. The van der Waals surface area contributed by atoms with E-state index in [2.05, 4.69) is 4.84 Å². The zero-order chi connectivity index (χ0) is 9.44. The molecule has 0 aromatic carbocycles. The number of carbonyl (C=O) groups excluding carboxylic acids is 1. The van der Waals surface area contributed by atoms with Gasteiger partial charge in [-0.15, -0.1) is 20.2 Å². The van der Waals surface area contributed by atoms with Crippen molar-refractivity contribution in [2.24, 2.45) is 0 Å². The summed E-state index contributed by atoms with van der Waals surface area (Å²) in [6.45, 7) is 0.961. The van der Waals surface area contributed by atoms with Crippen LogP contribution in [0.25, 0.3) is 0 Å². The fourth-order valence-electron chi connectivity index (χ4n) is 0.105. The minimum Gasteiger partial charge on any atom is -0.328 e. The normalized spacial score (nSPS) is 7.00. The Balaban J connectivity index is 0. The van der Waals surface area contributed by atoms with E-state index < -0.39 is 16.1 Å². The number of nitrogens with zero attached hydrogens (tertiary/aromatic N) is 2. The molecule has 9 heteroatoms. The van der Waals surface area contributed by atoms with Gasteiger partial charge in [0, 0.05) is 6.92 Å². The quantitative estimate of drug-likeness (QED) is 0.407. The van der Waals surface area contributed by atoms with Gasteiger partial charge in [-0.3, -0.25) is 4.79 Å². The van der Waals surface area contributed by atoms with Crippen LogP contribution >= 0.6 is 0 Å². The second-order valence-electron chi connectivity index (χ2n) is 1.04. The monoisotopic (exact) mass is 168 g/mol. The highest BCUT2D eigenvalue weighted by Crippen LogP contribution is 1.72. The topological polar surface area (TPSA) is 133 Å². The lowest BCUT2D eigenvalue weighted by Crippen LogP contribution is -2.04. The largest absolute Gasteiger partial charge is 0.328 e. The van der Waals surface area contributed by atoms with Crippen molar-refractivity contribution in [3.63, 3.8) is 0 Å². The Morgan fingerprint density at radius 3 is 1.73 bits per heavy atom. The lowest BCUT2D eigenvalue weighted by atomic mass is 10.8. The molecular formula is C2H4N2O7. The molecule has 0 rings (SSSR count). The summed E-state index contributed by atoms with van der Waals surface area (Å²) < 4.78 is 0. The molecule has 0 amide bonds. The van der Waals surface area contributed by atoms with Crippen molar-refractivity contribution in [1.29, 1.82) is 0 Å². The van der Waals surface area contributed by atoms with E-state index in [4.69, 9.17) is 15.3 Å². The van der Waals surface area contributed by atoms with Crippen LogP contribution in [0.5, 0.6) is 0 Å². The van der Waals surface area contributed by atoms with Crippen LogP contribution in [0.15, 0.2) is 0 Å². The second-order valence-corrected chi connectivity index (χ2v) is 1.04. The molecule has 0 aliphatic heterocycles. The first-order valence-electron chi connectivity index (χ1n) is 2.02. The van der Waals surface area contributed by atoms with Gasteiger partial charge < -0.3 is 5.21 Å². The highest BCUT2D eigenvalue weighted by molar-refractivity contribution is 5.64. The Morgan fingerprint density at radius 1 is 1.45 bits per heavy atom. The fraction of sp³-hybridized carbons (Fsp3) is 0.500. The second kappa shape index (κ2) is 6.19. The predicted molar refractivity (Wildman–Crippen MR) is 27.5 cm³/mol. The Labute approximate surface area is 59.4 Å². The van der Waals surface area contributed by atoms with Gasteiger partial charge in [-0.05, 0) is 0 Å². The van der Waals surface area contributed by atoms with E-state index in [1.165, 1.54) is 0 Å². The van der Waals surface area contributed by atoms with Gasteiger partial charge in [0.15, 0.2) is 0 Å². The van der Waals surface area contributed by atoms with Crippen molar-refractivity contribution in [2.45, 2.75) is 6.92 Å². The average Bonchev–Trinajstić information content (AvgIpc) is 1.56. The number of hydrogen-bond donors (Lipinski definition) is 1. The minimum absolute atomic E-state index is 0.912. The molecule has 0 aromatic heterocycles. The molecule has 0 aliphatic rings. The maximum atomic E-state index is 9.59. The van der Waals surface area contributed by atoms with E-state index in [-0.39, 0.29) is 0 Å². The summed E-state index contributed by atoms with van der Waals surface area (Å²) in [5.41, 5.74) is 0. The SMILES string of the molecule is CC(=O)O[N+](=O)[O-].O=[N+]([O-])O. The molecule has 0 fully saturated rings. The molecular weight excluding hydrogens is 164 g/mol. The molecule has 0 radical (unpaired) electrons. The lowest BCUT2D eigenvalue weighted by Gasteiger charge is -1.82. The van der Waals surface area contributed by atoms with Crippen molar-refractivity contribution in [3.05, 3.63) is 20.2 Å². The van der Waals surface area contributed by atoms with Gasteiger partial charge >= 0.3 is 11.1 Å². The third kappa shape index (κ3) is 69.4. The number of hydrogen-bond acceptors (Lipinski definition) is 6. The molecule has 0 spiro atoms. The highest BCUT2D eigenvalue weighted by atomic mass is 17.0. The third-order valence-corrected chi connectivity index (χ3v) is 0.203. The summed E-state index contributed by atoms with van der Waals surface area (Å²) in [7, 11) is 0. The molecule has 11 heavy (non-hydrogen) atoms. The zero-order valence-corrected chi connectivity index (χ0v) is 5.29. The fourth-order valence-corrected chi connectivity index (χ4v) is 0.105. The molecule has 0 bridgehead atoms. The van der Waals surface area contributed by atoms with E-state index >= 15 is 0 Å². The Hall–Kier alpha value is -1.93. The van der Waals surface area contributed by atoms with Gasteiger partial charge in [0.1, 0.15) is 0 Å². The van der Waals surface area contributed by atoms with Gasteiger partial charge in [-0.2, -0.15) is 0 Å². The smallest absolute Gasteiger partial charge is 0.302 e. The van der Waals surface area contributed by atoms with Crippen molar-refractivity contribution >= 4 is 5.97 Å². The van der Waals surface area contributed by atoms with E-state index in [1.54, 1.807) is 0 Å². The molecule has 0 unspecified atom stereocenters. The zero-order valence-electron chi connectivity index (χ0n) is 5.29. The summed E-state index contributed by atoms with van der Waals surface area (Å²) in [6, 6.07) is 0. The first kappa shape index (κ1) is 11.8. The molecule has 0 heterocycles. The average molecular weight is 168 g/mol. The van der Waals surface area contributed by atoms with Crippen LogP contribution in [0, 0.1) is 20.2 Å². The first-order valence-corrected chi connectivity index (χ1v) is 2.02. The highest BCUT2D eigenvalue weighted by Gasteiger charge is 1.95. The number of carbonyl (C=O) groups is 1. The van der Waals surface area contributed by atoms with Crippen molar-refractivity contribution in [3.8, 4) is 0 Å². The van der Waals surface area contributed by atoms with E-state index in [0.29, 0.717) is 0 Å². The number of rotatable bonds is 1. The maximum absolute atomic E-state index is 9.59. The van der Waals surface area contributed by atoms with E-state index in [1.807, 2.05) is 0 Å². The molecule has 0 saturated carbocycles. The van der Waals surface area contributed by atoms with Crippen molar-refractivity contribution in [1.82, 2.24) is 0 Å². The van der Waals surface area contributed by atoms with Gasteiger partial charge in [-0.1, -0.05) is 0 Å². The Bertz CT molecular complexity index is 148. The lowest BCUT2D eigenvalue weighted by molar-refractivity contribution is -0.742. The standard InChI is InChI=1S/C2H3NO4.HNO3/c1-2(4)7-3(5)6;2-1(3)4/h1H3;(H,2,3,4). The van der Waals surface area contributed by atoms with Crippen molar-refractivity contribution < 1.29 is 25.0 Å². The van der Waals surface area contributed by atoms with Gasteiger partial charge in [0.25, 0.3) is 5.09 Å². The van der Waals surface area contributed by atoms with E-state index in [9.17, 15) is 14.9 Å². The predicted octanol–water partition coefficient (Wildman–Crippen LogP) is -0.607. The van der Waals surface area contributed by atoms with Crippen LogP contribution in [0.1, 0.15) is 6.92 Å². The molecule has 0 saturated heterocycles. The van der Waals surface area contributed by atoms with Gasteiger partial charge in [-0.25, -0.2) is 4.84 Å². The molecule has 64 valence electrons. The summed E-state index contributed by atoms with van der Waals surface area (Å²) in [6.07, 6.45) is 0. The van der Waals surface area contributed by atoms with E-state index in [0.717, 1.165) is 6.92 Å². The summed E-state index contributed by atoms with van der Waals surface area (Å²) in [5.74, 6) is -0.912. The molecule has 0 aromatic rings. The van der Waals surface area contributed by atoms with Crippen LogP contribution < -0.4 is 0 Å². The van der Waals surface area contributed by atoms with Gasteiger partial charge in [0.05, 0.1) is 0 Å². The van der Waals surface area contributed by atoms with Gasteiger partial charge in [0.2, 0.25) is 0 Å². The van der Waals surface area contributed by atoms with Crippen LogP contribution in [-0.4, -0.2) is 21.3 Å². The first-order chi connectivity index (χ1) is 4.86. The third-order valence-electron chi connectivity index (χ3n) is 0.203. The van der Waals surface area contributed by atoms with Crippen molar-refractivity contribution in [2.75, 3.05) is 0 Å². The van der Waals surface area contributed by atoms with Crippen LogP contribution in [0.2, 0.25) is 0 Å². The molecule has 0 aliphatic carbocycles. The minimum atomic E-state index is -1.50. The molecule has 9 nitrogen and oxygen atoms in total. The molecule has 1 N–H and O–H groups in total.